The van der Waals surface area contributed by atoms with Crippen LogP contribution in [0.1, 0.15) is 73.9 Å². The number of H-pyrrole nitrogens is 1. The largest absolute Gasteiger partial charge is 0.348 e. The lowest BCUT2D eigenvalue weighted by molar-refractivity contribution is 0.0615. The fraction of sp³-hybridized carbons (Fsp3) is 0.562. The number of pyridine rings is 1. The van der Waals surface area contributed by atoms with Crippen LogP contribution in [0.25, 0.3) is 0 Å². The number of likely N-dealkylation sites (tertiary alicyclic amines) is 2. The van der Waals surface area contributed by atoms with E-state index in [9.17, 15) is 0 Å². The normalized spacial score (nSPS) is 21.0. The van der Waals surface area contributed by atoms with E-state index in [1.54, 1.807) is 0 Å². The molecule has 38 heavy (non-hydrogen) atoms. The van der Waals surface area contributed by atoms with Gasteiger partial charge in [-0.3, -0.25) is 14.8 Å². The van der Waals surface area contributed by atoms with Gasteiger partial charge in [0.25, 0.3) is 0 Å². The van der Waals surface area contributed by atoms with Crippen LogP contribution in [0.3, 0.4) is 0 Å². The fourth-order valence-corrected chi connectivity index (χ4v) is 7.16. The lowest BCUT2D eigenvalue weighted by atomic mass is 9.77. The molecule has 6 nitrogen and oxygen atoms in total. The van der Waals surface area contributed by atoms with Gasteiger partial charge in [0.2, 0.25) is 0 Å². The summed E-state index contributed by atoms with van der Waals surface area (Å²) >= 11 is 0. The highest BCUT2D eigenvalue weighted by Crippen LogP contribution is 2.42. The molecule has 3 fully saturated rings. The Balaban J connectivity index is 1.01. The molecule has 6 rings (SSSR count). The van der Waals surface area contributed by atoms with Crippen LogP contribution < -0.4 is 0 Å². The van der Waals surface area contributed by atoms with Crippen LogP contribution in [0.2, 0.25) is 0 Å². The highest BCUT2D eigenvalue weighted by atomic mass is 15.2. The van der Waals surface area contributed by atoms with Gasteiger partial charge in [-0.05, 0) is 86.0 Å². The summed E-state index contributed by atoms with van der Waals surface area (Å²) in [6, 6.07) is 14.4. The molecule has 2 aliphatic heterocycles. The average Bonchev–Trinajstić information content (AvgIpc) is 3.61. The molecular weight excluding hydrogens is 468 g/mol. The Kier molecular flexibility index (Phi) is 8.19. The Morgan fingerprint density at radius 2 is 1.47 bits per heavy atom. The number of nitrogens with zero attached hydrogens (tertiary/aromatic N) is 5. The van der Waals surface area contributed by atoms with E-state index < -0.39 is 0 Å². The molecule has 4 heterocycles. The minimum Gasteiger partial charge on any atom is -0.348 e. The van der Waals surface area contributed by atoms with Crippen molar-refractivity contribution in [3.63, 3.8) is 0 Å². The number of aromatic nitrogens is 3. The maximum absolute atomic E-state index is 4.46. The van der Waals surface area contributed by atoms with Crippen LogP contribution in [0, 0.1) is 5.41 Å². The second-order valence-electron chi connectivity index (χ2n) is 12.1. The summed E-state index contributed by atoms with van der Waals surface area (Å²) < 4.78 is 0. The molecule has 1 N–H and O–H groups in total. The van der Waals surface area contributed by atoms with Gasteiger partial charge in [0.1, 0.15) is 5.82 Å². The highest BCUT2D eigenvalue weighted by molar-refractivity contribution is 5.23. The SMILES string of the molecule is c1cc(CN(Cc2ccc(CN3CCC4(CCN(C5CCCCC5)CC4)C3)cc2)Cc2ncc[nH]2)ccn1. The van der Waals surface area contributed by atoms with E-state index in [1.165, 1.54) is 94.2 Å². The van der Waals surface area contributed by atoms with Crippen molar-refractivity contribution in [2.45, 2.75) is 83.6 Å². The van der Waals surface area contributed by atoms with E-state index in [4.69, 9.17) is 0 Å². The molecule has 2 aromatic heterocycles. The third-order valence-corrected chi connectivity index (χ3v) is 9.39. The van der Waals surface area contributed by atoms with E-state index in [0.29, 0.717) is 5.41 Å². The molecule has 202 valence electrons. The zero-order valence-corrected chi connectivity index (χ0v) is 22.9. The molecule has 1 aliphatic carbocycles. The predicted molar refractivity (Wildman–Crippen MR) is 152 cm³/mol. The Morgan fingerprint density at radius 3 is 2.18 bits per heavy atom. The van der Waals surface area contributed by atoms with Crippen molar-refractivity contribution in [2.24, 2.45) is 5.41 Å². The lowest BCUT2D eigenvalue weighted by Gasteiger charge is -2.43. The fourth-order valence-electron chi connectivity index (χ4n) is 7.16. The monoisotopic (exact) mass is 512 g/mol. The van der Waals surface area contributed by atoms with Crippen molar-refractivity contribution < 1.29 is 0 Å². The van der Waals surface area contributed by atoms with Gasteiger partial charge < -0.3 is 9.88 Å². The van der Waals surface area contributed by atoms with Crippen LogP contribution in [0.4, 0.5) is 0 Å². The summed E-state index contributed by atoms with van der Waals surface area (Å²) in [5.74, 6) is 1.00. The number of piperidine rings is 1. The number of aromatic amines is 1. The second-order valence-corrected chi connectivity index (χ2v) is 12.1. The summed E-state index contributed by atoms with van der Waals surface area (Å²) in [6.45, 7) is 8.87. The van der Waals surface area contributed by atoms with Crippen LogP contribution >= 0.6 is 0 Å². The molecule has 1 aromatic carbocycles. The van der Waals surface area contributed by atoms with Gasteiger partial charge in [-0.1, -0.05) is 43.5 Å². The van der Waals surface area contributed by atoms with E-state index in [-0.39, 0.29) is 0 Å². The quantitative estimate of drug-likeness (QED) is 0.403. The summed E-state index contributed by atoms with van der Waals surface area (Å²) in [4.78, 5) is 19.9. The number of imidazole rings is 1. The minimum absolute atomic E-state index is 0.574. The first-order chi connectivity index (χ1) is 18.7. The molecule has 0 amide bonds. The predicted octanol–water partition coefficient (Wildman–Crippen LogP) is 5.63. The zero-order chi connectivity index (χ0) is 25.6. The third-order valence-electron chi connectivity index (χ3n) is 9.39. The minimum atomic E-state index is 0.574. The smallest absolute Gasteiger partial charge is 0.120 e. The van der Waals surface area contributed by atoms with Gasteiger partial charge in [0.15, 0.2) is 0 Å². The molecular formula is C32H44N6. The number of hydrogen-bond acceptors (Lipinski definition) is 5. The molecule has 3 aromatic rings. The molecule has 0 atom stereocenters. The molecule has 1 spiro atoms. The third kappa shape index (κ3) is 6.53. The van der Waals surface area contributed by atoms with Gasteiger partial charge in [-0.25, -0.2) is 4.98 Å². The molecule has 1 saturated carbocycles. The Labute approximate surface area is 228 Å². The van der Waals surface area contributed by atoms with Gasteiger partial charge in [-0.15, -0.1) is 0 Å². The van der Waals surface area contributed by atoms with Crippen LogP contribution in [-0.4, -0.2) is 61.9 Å². The van der Waals surface area contributed by atoms with Crippen molar-refractivity contribution in [1.82, 2.24) is 29.7 Å². The standard InChI is InChI=1S/C32H44N6/c1-2-4-30(5-3-1)38-20-13-32(14-21-38)12-19-36(26-32)22-27-6-8-28(9-7-27)23-37(25-31-34-17-18-35-31)24-29-10-15-33-16-11-29/h6-11,15-18,30H,1-5,12-14,19-26H2,(H,34,35). The Bertz CT molecular complexity index is 1100. The van der Waals surface area contributed by atoms with Gasteiger partial charge >= 0.3 is 0 Å². The molecule has 3 aliphatic rings. The maximum Gasteiger partial charge on any atom is 0.120 e. The topological polar surface area (TPSA) is 51.3 Å². The second kappa shape index (κ2) is 12.1. The van der Waals surface area contributed by atoms with Crippen molar-refractivity contribution in [1.29, 1.82) is 0 Å². The summed E-state index contributed by atoms with van der Waals surface area (Å²) in [6.07, 6.45) is 18.9. The molecule has 0 bridgehead atoms. The van der Waals surface area contributed by atoms with Gasteiger partial charge in [-0.2, -0.15) is 0 Å². The first-order valence-corrected chi connectivity index (χ1v) is 14.9. The molecule has 6 heteroatoms. The number of hydrogen-bond donors (Lipinski definition) is 1. The van der Waals surface area contributed by atoms with E-state index in [1.807, 2.05) is 24.8 Å². The first kappa shape index (κ1) is 25.7. The van der Waals surface area contributed by atoms with Crippen molar-refractivity contribution >= 4 is 0 Å². The van der Waals surface area contributed by atoms with Gasteiger partial charge in [0, 0.05) is 57.0 Å². The molecule has 2 saturated heterocycles. The van der Waals surface area contributed by atoms with Crippen LogP contribution in [0.15, 0.2) is 61.2 Å². The van der Waals surface area contributed by atoms with E-state index in [0.717, 1.165) is 38.0 Å². The summed E-state index contributed by atoms with van der Waals surface area (Å²) in [5, 5.41) is 0. The highest BCUT2D eigenvalue weighted by Gasteiger charge is 2.41. The molecule has 0 unspecified atom stereocenters. The first-order valence-electron chi connectivity index (χ1n) is 14.9. The average molecular weight is 513 g/mol. The van der Waals surface area contributed by atoms with Crippen molar-refractivity contribution in [2.75, 3.05) is 26.2 Å². The lowest BCUT2D eigenvalue weighted by Crippen LogP contribution is -2.46. The van der Waals surface area contributed by atoms with Crippen molar-refractivity contribution in [3.8, 4) is 0 Å². The summed E-state index contributed by atoms with van der Waals surface area (Å²) in [5.41, 5.74) is 4.64. The van der Waals surface area contributed by atoms with Crippen molar-refractivity contribution in [3.05, 3.63) is 83.7 Å². The molecule has 0 radical (unpaired) electrons. The van der Waals surface area contributed by atoms with Crippen LogP contribution in [0.5, 0.6) is 0 Å². The number of nitrogens with one attached hydrogen (secondary N) is 1. The summed E-state index contributed by atoms with van der Waals surface area (Å²) in [7, 11) is 0. The Hall–Kier alpha value is -2.54. The van der Waals surface area contributed by atoms with Gasteiger partial charge in [0.05, 0.1) is 6.54 Å². The maximum atomic E-state index is 4.46. The van der Waals surface area contributed by atoms with E-state index >= 15 is 0 Å². The number of rotatable bonds is 9. The van der Waals surface area contributed by atoms with Crippen LogP contribution in [-0.2, 0) is 26.2 Å². The number of benzene rings is 1. The zero-order valence-electron chi connectivity index (χ0n) is 22.9. The Morgan fingerprint density at radius 1 is 0.789 bits per heavy atom. The van der Waals surface area contributed by atoms with E-state index in [2.05, 4.69) is 66.0 Å².